The Bertz CT molecular complexity index is 2610. The number of primary amides is 2. The maximum absolute atomic E-state index is 14.7. The summed E-state index contributed by atoms with van der Waals surface area (Å²) in [6.45, 7) is 1.40. The second-order valence-electron chi connectivity index (χ2n) is 18.6. The standard InChI is InChI=1S/C49H72N18O10/c1-26(68)61-32(11-6-20-58-48(53)54)42(72)62-33-10-4-5-19-57-40(70)24-36(41(52)71)65-47(77)38(23-28-25-60-31-9-3-2-8-30(28)31)67-44(74)34(12-7-21-59-49(55)56)63-46(76)37(22-27-13-15-29(50)16-14-27)66-45(75)35(64-43(33)73)17-18-39(51)69/h2-3,8-9,13-16,25,32-38,60H,4-7,10-12,17-24,50H2,1H3,(H2,51,69)(H2,52,71)(H,57,70)(H,61,68)(H,62,72)(H,63,76)(H,64,73)(H,65,77)(H,66,75)(H,67,74)(H4,53,54,58)(H4,55,56,59)/t32-,33-,34-,35-,36?,37+,38-/m0/s1. The van der Waals surface area contributed by atoms with Gasteiger partial charge in [-0.2, -0.15) is 0 Å². The summed E-state index contributed by atoms with van der Waals surface area (Å²) in [4.78, 5) is 140. The van der Waals surface area contributed by atoms with Crippen LogP contribution in [0.4, 0.5) is 5.69 Å². The molecule has 10 amide bonds. The van der Waals surface area contributed by atoms with Crippen LogP contribution in [0, 0.1) is 10.8 Å². The smallest absolute Gasteiger partial charge is 0.243 e. The number of aromatic nitrogens is 1. The predicted molar refractivity (Wildman–Crippen MR) is 283 cm³/mol. The number of benzene rings is 2. The molecule has 1 aliphatic heterocycles. The molecule has 3 aromatic rings. The quantitative estimate of drug-likeness (QED) is 0.0235. The molecule has 1 aromatic heterocycles. The van der Waals surface area contributed by atoms with Crippen LogP contribution in [0.2, 0.25) is 0 Å². The van der Waals surface area contributed by atoms with E-state index < -0.39 is 114 Å². The van der Waals surface area contributed by atoms with Crippen molar-refractivity contribution in [3.8, 4) is 0 Å². The van der Waals surface area contributed by atoms with Crippen molar-refractivity contribution >= 4 is 87.6 Å². The van der Waals surface area contributed by atoms with E-state index in [9.17, 15) is 47.9 Å². The second-order valence-corrected chi connectivity index (χ2v) is 18.6. The van der Waals surface area contributed by atoms with Crippen LogP contribution in [0.3, 0.4) is 0 Å². The number of nitrogen functional groups attached to an aromatic ring is 1. The lowest BCUT2D eigenvalue weighted by atomic mass is 10.0. The number of amides is 10. The fourth-order valence-corrected chi connectivity index (χ4v) is 8.31. The number of guanidine groups is 2. The number of rotatable bonds is 19. The molecule has 1 saturated heterocycles. The molecule has 7 atom stereocenters. The number of fused-ring (bicyclic) bond motifs is 1. The molecular formula is C49H72N18O10. The summed E-state index contributed by atoms with van der Waals surface area (Å²) >= 11 is 0. The Morgan fingerprint density at radius 3 is 1.92 bits per heavy atom. The van der Waals surface area contributed by atoms with Crippen molar-refractivity contribution in [3.63, 3.8) is 0 Å². The minimum absolute atomic E-state index is 0.0269. The Morgan fingerprint density at radius 1 is 0.701 bits per heavy atom. The topological polar surface area (TPSA) is 485 Å². The molecule has 1 aliphatic rings. The molecular weight excluding hydrogens is 1000 g/mol. The Labute approximate surface area is 443 Å². The number of anilines is 1. The van der Waals surface area contributed by atoms with E-state index in [0.717, 1.165) is 0 Å². The predicted octanol–water partition coefficient (Wildman–Crippen LogP) is -4.08. The van der Waals surface area contributed by atoms with Crippen LogP contribution in [0.1, 0.15) is 82.3 Å². The Morgan fingerprint density at radius 2 is 1.29 bits per heavy atom. The van der Waals surface area contributed by atoms with Crippen molar-refractivity contribution in [2.75, 3.05) is 25.4 Å². The minimum atomic E-state index is -1.57. The lowest BCUT2D eigenvalue weighted by Crippen LogP contribution is -2.60. The second kappa shape index (κ2) is 30.4. The van der Waals surface area contributed by atoms with Crippen molar-refractivity contribution < 1.29 is 47.9 Å². The third-order valence-corrected chi connectivity index (χ3v) is 12.3. The maximum atomic E-state index is 14.7. The number of aromatic amines is 1. The maximum Gasteiger partial charge on any atom is 0.243 e. The molecule has 28 heteroatoms. The number of para-hydroxylation sites is 1. The first-order valence-electron chi connectivity index (χ1n) is 25.1. The van der Waals surface area contributed by atoms with E-state index in [0.29, 0.717) is 27.7 Å². The fourth-order valence-electron chi connectivity index (χ4n) is 8.31. The molecule has 28 nitrogen and oxygen atoms in total. The lowest BCUT2D eigenvalue weighted by Gasteiger charge is -2.28. The number of nitrogens with one attached hydrogen (secondary N) is 13. The molecule has 418 valence electrons. The molecule has 0 bridgehead atoms. The van der Waals surface area contributed by atoms with Crippen LogP contribution in [0.5, 0.6) is 0 Å². The minimum Gasteiger partial charge on any atom is -0.399 e. The van der Waals surface area contributed by atoms with Crippen LogP contribution >= 0.6 is 0 Å². The zero-order valence-corrected chi connectivity index (χ0v) is 42.8. The van der Waals surface area contributed by atoms with Gasteiger partial charge in [0.1, 0.15) is 42.3 Å². The summed E-state index contributed by atoms with van der Waals surface area (Å²) in [5, 5.41) is 41.9. The van der Waals surface area contributed by atoms with Gasteiger partial charge in [-0.25, -0.2) is 0 Å². The van der Waals surface area contributed by atoms with Gasteiger partial charge in [-0.3, -0.25) is 58.8 Å². The Hall–Kier alpha value is -8.98. The highest BCUT2D eigenvalue weighted by molar-refractivity contribution is 5.99. The van der Waals surface area contributed by atoms with E-state index in [1.54, 1.807) is 54.7 Å². The van der Waals surface area contributed by atoms with Gasteiger partial charge >= 0.3 is 0 Å². The van der Waals surface area contributed by atoms with Crippen molar-refractivity contribution in [2.24, 2.45) is 22.9 Å². The lowest BCUT2D eigenvalue weighted by molar-refractivity contribution is -0.136. The fraction of sp³-hybridized carbons (Fsp3) is 0.469. The SMILES string of the molecule is CC(=O)N[C@@H](CCCNC(=N)N)C(=O)N[C@H]1CCCCNC(=O)CC(C(N)=O)NC(=O)[C@H](Cc2c[nH]c3ccccc23)NC(=O)[C@H](CCCNC(=N)N)NC(=O)[C@@H](Cc2ccc(N)cc2)NC(=O)[C@H](CCC(N)=O)NC1=O. The van der Waals surface area contributed by atoms with E-state index in [2.05, 4.69) is 58.2 Å². The van der Waals surface area contributed by atoms with Gasteiger partial charge in [-0.1, -0.05) is 30.3 Å². The molecule has 23 N–H and O–H groups in total. The molecule has 0 aliphatic carbocycles. The number of H-pyrrole nitrogens is 1. The first-order chi connectivity index (χ1) is 36.6. The molecule has 2 aromatic carbocycles. The van der Waals surface area contributed by atoms with Gasteiger partial charge in [0.05, 0.1) is 6.42 Å². The Kier molecular flexibility index (Phi) is 23.9. The summed E-state index contributed by atoms with van der Waals surface area (Å²) in [5.74, 6) is -9.25. The third-order valence-electron chi connectivity index (χ3n) is 12.3. The van der Waals surface area contributed by atoms with Gasteiger partial charge in [-0.15, -0.1) is 0 Å². The molecule has 1 unspecified atom stereocenters. The molecule has 2 heterocycles. The van der Waals surface area contributed by atoms with Crippen LogP contribution in [0.25, 0.3) is 10.9 Å². The number of hydrogen-bond acceptors (Lipinski definition) is 13. The monoisotopic (exact) mass is 1070 g/mol. The first kappa shape index (κ1) is 60.6. The van der Waals surface area contributed by atoms with Gasteiger partial charge in [-0.05, 0) is 80.7 Å². The van der Waals surface area contributed by atoms with Crippen molar-refractivity contribution in [1.82, 2.24) is 58.2 Å². The first-order valence-corrected chi connectivity index (χ1v) is 25.1. The van der Waals surface area contributed by atoms with Crippen LogP contribution in [-0.4, -0.2) is 138 Å². The van der Waals surface area contributed by atoms with Crippen LogP contribution < -0.4 is 81.8 Å². The van der Waals surface area contributed by atoms with E-state index in [1.807, 2.05) is 0 Å². The van der Waals surface area contributed by atoms with E-state index in [4.69, 9.17) is 39.5 Å². The van der Waals surface area contributed by atoms with Gasteiger partial charge in [0.15, 0.2) is 11.9 Å². The largest absolute Gasteiger partial charge is 0.399 e. The van der Waals surface area contributed by atoms with Crippen LogP contribution in [0.15, 0.2) is 54.7 Å². The summed E-state index contributed by atoms with van der Waals surface area (Å²) in [5.41, 5.74) is 30.2. The van der Waals surface area contributed by atoms with Crippen LogP contribution in [-0.2, 0) is 60.8 Å². The number of carbonyl (C=O) groups is 10. The highest BCUT2D eigenvalue weighted by Gasteiger charge is 2.35. The zero-order valence-electron chi connectivity index (χ0n) is 42.8. The zero-order chi connectivity index (χ0) is 56.6. The summed E-state index contributed by atoms with van der Waals surface area (Å²) < 4.78 is 0. The highest BCUT2D eigenvalue weighted by Crippen LogP contribution is 2.20. The van der Waals surface area contributed by atoms with E-state index in [-0.39, 0.29) is 95.8 Å². The number of hydrogen-bond donors (Lipinski definition) is 18. The van der Waals surface area contributed by atoms with Crippen molar-refractivity contribution in [3.05, 3.63) is 65.9 Å². The summed E-state index contributed by atoms with van der Waals surface area (Å²) in [7, 11) is 0. The van der Waals surface area contributed by atoms with Gasteiger partial charge < -0.3 is 86.8 Å². The summed E-state index contributed by atoms with van der Waals surface area (Å²) in [6.07, 6.45) is 0.341. The molecule has 77 heavy (non-hydrogen) atoms. The summed E-state index contributed by atoms with van der Waals surface area (Å²) in [6, 6.07) is 3.33. The average molecular weight is 1070 g/mol. The van der Waals surface area contributed by atoms with Crippen molar-refractivity contribution in [2.45, 2.75) is 126 Å². The molecule has 0 spiro atoms. The molecule has 0 radical (unpaired) electrons. The number of carbonyl (C=O) groups excluding carboxylic acids is 10. The van der Waals surface area contributed by atoms with Crippen molar-refractivity contribution in [1.29, 1.82) is 10.8 Å². The molecule has 4 rings (SSSR count). The molecule has 0 saturated carbocycles. The highest BCUT2D eigenvalue weighted by atomic mass is 16.2. The van der Waals surface area contributed by atoms with E-state index >= 15 is 0 Å². The van der Waals surface area contributed by atoms with Gasteiger partial charge in [0, 0.05) is 68.6 Å². The van der Waals surface area contributed by atoms with E-state index in [1.165, 1.54) is 6.92 Å². The van der Waals surface area contributed by atoms with Gasteiger partial charge in [0.25, 0.3) is 0 Å². The Balaban J connectivity index is 1.79. The third kappa shape index (κ3) is 21.0. The van der Waals surface area contributed by atoms with Gasteiger partial charge in [0.2, 0.25) is 59.1 Å². The number of nitrogens with two attached hydrogens (primary N) is 5. The average Bonchev–Trinajstić information content (AvgIpc) is 3.78. The molecule has 1 fully saturated rings. The normalized spacial score (nSPS) is 20.8.